The van der Waals surface area contributed by atoms with Crippen LogP contribution in [0.1, 0.15) is 31.7 Å². The van der Waals surface area contributed by atoms with Gasteiger partial charge >= 0.3 is 0 Å². The second-order valence-electron chi connectivity index (χ2n) is 3.66. The van der Waals surface area contributed by atoms with Crippen molar-refractivity contribution in [3.63, 3.8) is 0 Å². The average molecular weight is 224 g/mol. The molecule has 16 heavy (non-hydrogen) atoms. The zero-order chi connectivity index (χ0) is 11.8. The molecule has 0 atom stereocenters. The lowest BCUT2D eigenvalue weighted by Gasteiger charge is -2.13. The smallest absolute Gasteiger partial charge is 0.166 e. The van der Waals surface area contributed by atoms with Crippen molar-refractivity contribution in [3.8, 4) is 11.5 Å². The molecule has 0 aliphatic carbocycles. The van der Waals surface area contributed by atoms with Gasteiger partial charge in [-0.25, -0.2) is 0 Å². The molecule has 0 aromatic heterocycles. The molecule has 1 aromatic carbocycles. The standard InChI is InChI=1S/C13H20O3/c1-3-4-5-9-16-13-11(10-14)7-6-8-12(13)15-2/h6-8,14H,3-5,9-10H2,1-2H3. The van der Waals surface area contributed by atoms with Crippen LogP contribution in [0.15, 0.2) is 18.2 Å². The summed E-state index contributed by atoms with van der Waals surface area (Å²) in [5.74, 6) is 1.35. The Morgan fingerprint density at radius 1 is 1.25 bits per heavy atom. The Balaban J connectivity index is 2.67. The maximum Gasteiger partial charge on any atom is 0.166 e. The van der Waals surface area contributed by atoms with Gasteiger partial charge in [0.15, 0.2) is 11.5 Å². The molecule has 0 heterocycles. The van der Waals surface area contributed by atoms with Crippen molar-refractivity contribution in [3.05, 3.63) is 23.8 Å². The van der Waals surface area contributed by atoms with Crippen LogP contribution in [0.25, 0.3) is 0 Å². The van der Waals surface area contributed by atoms with E-state index in [0.29, 0.717) is 18.1 Å². The van der Waals surface area contributed by atoms with Crippen molar-refractivity contribution in [2.24, 2.45) is 0 Å². The van der Waals surface area contributed by atoms with E-state index in [-0.39, 0.29) is 6.61 Å². The van der Waals surface area contributed by atoms with E-state index in [9.17, 15) is 5.11 Å². The molecule has 0 spiro atoms. The van der Waals surface area contributed by atoms with Gasteiger partial charge in [0, 0.05) is 5.56 Å². The van der Waals surface area contributed by atoms with Gasteiger partial charge in [-0.1, -0.05) is 31.9 Å². The first-order valence-electron chi connectivity index (χ1n) is 5.73. The third-order valence-corrected chi connectivity index (χ3v) is 2.45. The van der Waals surface area contributed by atoms with Gasteiger partial charge in [-0.15, -0.1) is 0 Å². The van der Waals surface area contributed by atoms with Gasteiger partial charge in [-0.3, -0.25) is 0 Å². The second-order valence-corrected chi connectivity index (χ2v) is 3.66. The molecule has 3 nitrogen and oxygen atoms in total. The number of hydrogen-bond acceptors (Lipinski definition) is 3. The Morgan fingerprint density at radius 2 is 2.06 bits per heavy atom. The van der Waals surface area contributed by atoms with Crippen LogP contribution < -0.4 is 9.47 Å². The van der Waals surface area contributed by atoms with E-state index in [1.54, 1.807) is 7.11 Å². The maximum atomic E-state index is 9.21. The van der Waals surface area contributed by atoms with Crippen LogP contribution in [0.5, 0.6) is 11.5 Å². The van der Waals surface area contributed by atoms with Crippen LogP contribution >= 0.6 is 0 Å². The van der Waals surface area contributed by atoms with E-state index in [1.165, 1.54) is 6.42 Å². The van der Waals surface area contributed by atoms with Crippen LogP contribution in [0, 0.1) is 0 Å². The molecule has 0 aliphatic heterocycles. The van der Waals surface area contributed by atoms with E-state index in [4.69, 9.17) is 9.47 Å². The first-order chi connectivity index (χ1) is 7.83. The number of para-hydroxylation sites is 1. The number of rotatable bonds is 7. The third kappa shape index (κ3) is 3.42. The summed E-state index contributed by atoms with van der Waals surface area (Å²) in [6.45, 7) is 2.80. The summed E-state index contributed by atoms with van der Waals surface area (Å²) in [5, 5.41) is 9.21. The molecule has 0 fully saturated rings. The van der Waals surface area contributed by atoms with Crippen molar-refractivity contribution < 1.29 is 14.6 Å². The summed E-state index contributed by atoms with van der Waals surface area (Å²) in [6, 6.07) is 5.54. The molecule has 1 aromatic rings. The number of ether oxygens (including phenoxy) is 2. The topological polar surface area (TPSA) is 38.7 Å². The summed E-state index contributed by atoms with van der Waals surface area (Å²) in [7, 11) is 1.61. The van der Waals surface area contributed by atoms with Crippen LogP contribution in [0.3, 0.4) is 0 Å². The van der Waals surface area contributed by atoms with Gasteiger partial charge in [0.05, 0.1) is 20.3 Å². The lowest BCUT2D eigenvalue weighted by molar-refractivity contribution is 0.251. The first-order valence-corrected chi connectivity index (χ1v) is 5.73. The second kappa shape index (κ2) is 7.12. The van der Waals surface area contributed by atoms with Crippen LogP contribution in [0.2, 0.25) is 0 Å². The zero-order valence-electron chi connectivity index (χ0n) is 10.0. The largest absolute Gasteiger partial charge is 0.493 e. The fourth-order valence-corrected chi connectivity index (χ4v) is 1.54. The highest BCUT2D eigenvalue weighted by Crippen LogP contribution is 2.31. The molecule has 0 bridgehead atoms. The zero-order valence-corrected chi connectivity index (χ0v) is 10.0. The van der Waals surface area contributed by atoms with E-state index in [1.807, 2.05) is 18.2 Å². The van der Waals surface area contributed by atoms with Gasteiger partial charge in [-0.2, -0.15) is 0 Å². The summed E-state index contributed by atoms with van der Waals surface area (Å²) >= 11 is 0. The monoisotopic (exact) mass is 224 g/mol. The highest BCUT2D eigenvalue weighted by Gasteiger charge is 2.09. The predicted molar refractivity (Wildman–Crippen MR) is 63.9 cm³/mol. The number of aliphatic hydroxyl groups is 1. The molecule has 0 aliphatic rings. The van der Waals surface area contributed by atoms with E-state index in [2.05, 4.69) is 6.92 Å². The van der Waals surface area contributed by atoms with Crippen molar-refractivity contribution in [2.75, 3.05) is 13.7 Å². The van der Waals surface area contributed by atoms with Crippen LogP contribution in [-0.2, 0) is 6.61 Å². The fraction of sp³-hybridized carbons (Fsp3) is 0.538. The Hall–Kier alpha value is -1.22. The maximum absolute atomic E-state index is 9.21. The van der Waals surface area contributed by atoms with E-state index >= 15 is 0 Å². The summed E-state index contributed by atoms with van der Waals surface area (Å²) in [6.07, 6.45) is 3.35. The molecule has 0 unspecified atom stereocenters. The minimum Gasteiger partial charge on any atom is -0.493 e. The SMILES string of the molecule is CCCCCOc1c(CO)cccc1OC. The lowest BCUT2D eigenvalue weighted by Crippen LogP contribution is -2.02. The molecule has 0 saturated carbocycles. The molecular formula is C13H20O3. The number of aliphatic hydroxyl groups excluding tert-OH is 1. The molecule has 0 saturated heterocycles. The molecular weight excluding hydrogens is 204 g/mol. The van der Waals surface area contributed by atoms with Crippen molar-refractivity contribution in [1.29, 1.82) is 0 Å². The summed E-state index contributed by atoms with van der Waals surface area (Å²) in [5.41, 5.74) is 0.774. The van der Waals surface area contributed by atoms with Gasteiger partial charge in [-0.05, 0) is 12.5 Å². The Bertz CT molecular complexity index is 288. The van der Waals surface area contributed by atoms with E-state index < -0.39 is 0 Å². The van der Waals surface area contributed by atoms with Crippen molar-refractivity contribution in [1.82, 2.24) is 0 Å². The van der Waals surface area contributed by atoms with Crippen LogP contribution in [-0.4, -0.2) is 18.8 Å². The van der Waals surface area contributed by atoms with Crippen molar-refractivity contribution >= 4 is 0 Å². The summed E-state index contributed by atoms with van der Waals surface area (Å²) < 4.78 is 10.9. The Morgan fingerprint density at radius 3 is 2.69 bits per heavy atom. The van der Waals surface area contributed by atoms with Crippen molar-refractivity contribution in [2.45, 2.75) is 32.8 Å². The third-order valence-electron chi connectivity index (χ3n) is 2.45. The van der Waals surface area contributed by atoms with Gasteiger partial charge in [0.2, 0.25) is 0 Å². The highest BCUT2D eigenvalue weighted by atomic mass is 16.5. The normalized spacial score (nSPS) is 10.2. The highest BCUT2D eigenvalue weighted by molar-refractivity contribution is 5.46. The number of methoxy groups -OCH3 is 1. The quantitative estimate of drug-likeness (QED) is 0.724. The summed E-state index contributed by atoms with van der Waals surface area (Å²) in [4.78, 5) is 0. The number of benzene rings is 1. The molecule has 90 valence electrons. The fourth-order valence-electron chi connectivity index (χ4n) is 1.54. The molecule has 0 amide bonds. The van der Waals surface area contributed by atoms with Gasteiger partial charge in [0.1, 0.15) is 0 Å². The Labute approximate surface area is 97.0 Å². The molecule has 0 radical (unpaired) electrons. The predicted octanol–water partition coefficient (Wildman–Crippen LogP) is 2.76. The average Bonchev–Trinajstić information content (AvgIpc) is 2.34. The van der Waals surface area contributed by atoms with Gasteiger partial charge < -0.3 is 14.6 Å². The first kappa shape index (κ1) is 12.8. The number of unbranched alkanes of at least 4 members (excludes halogenated alkanes) is 2. The minimum absolute atomic E-state index is 0.0275. The van der Waals surface area contributed by atoms with E-state index in [0.717, 1.165) is 18.4 Å². The van der Waals surface area contributed by atoms with Gasteiger partial charge in [0.25, 0.3) is 0 Å². The minimum atomic E-state index is -0.0275. The Kier molecular flexibility index (Phi) is 5.72. The molecule has 1 N–H and O–H groups in total. The van der Waals surface area contributed by atoms with Crippen LogP contribution in [0.4, 0.5) is 0 Å². The molecule has 1 rings (SSSR count). The lowest BCUT2D eigenvalue weighted by atomic mass is 10.2. The molecule has 3 heteroatoms. The number of hydrogen-bond donors (Lipinski definition) is 1.